The van der Waals surface area contributed by atoms with Gasteiger partial charge in [-0.2, -0.15) is 13.2 Å². The lowest BCUT2D eigenvalue weighted by Gasteiger charge is -2.26. The first-order valence-electron chi connectivity index (χ1n) is 7.10. The fourth-order valence-corrected chi connectivity index (χ4v) is 2.68. The highest BCUT2D eigenvalue weighted by Crippen LogP contribution is 2.43. The topological polar surface area (TPSA) is 30.5 Å². The molecule has 1 heterocycles. The van der Waals surface area contributed by atoms with E-state index in [4.69, 9.17) is 9.47 Å². The van der Waals surface area contributed by atoms with Crippen LogP contribution in [0.2, 0.25) is 0 Å². The van der Waals surface area contributed by atoms with Gasteiger partial charge >= 0.3 is 6.18 Å². The highest BCUT2D eigenvalue weighted by atomic mass is 19.4. The fraction of sp³-hybridized carbons (Fsp3) is 0.600. The number of alkyl halides is 3. The van der Waals surface area contributed by atoms with Crippen molar-refractivity contribution in [2.24, 2.45) is 0 Å². The van der Waals surface area contributed by atoms with Crippen molar-refractivity contribution in [2.75, 3.05) is 26.8 Å². The second-order valence-corrected chi connectivity index (χ2v) is 5.06. The molecule has 0 aromatic heterocycles. The number of halogens is 3. The zero-order valence-corrected chi connectivity index (χ0v) is 12.2. The molecule has 1 atom stereocenters. The molecule has 1 N–H and O–H groups in total. The number of hydrogen-bond acceptors (Lipinski definition) is 3. The lowest BCUT2D eigenvalue weighted by molar-refractivity contribution is -0.138. The van der Waals surface area contributed by atoms with Crippen molar-refractivity contribution in [2.45, 2.75) is 31.9 Å². The molecule has 0 saturated carbocycles. The molecule has 0 bridgehead atoms. The Morgan fingerprint density at radius 1 is 1.29 bits per heavy atom. The Bertz CT molecular complexity index is 483. The molecule has 2 rings (SSSR count). The molecular weight excluding hydrogens is 283 g/mol. The van der Waals surface area contributed by atoms with Gasteiger partial charge in [0.25, 0.3) is 0 Å². The monoisotopic (exact) mass is 303 g/mol. The molecule has 0 amide bonds. The zero-order chi connectivity index (χ0) is 15.5. The van der Waals surface area contributed by atoms with Gasteiger partial charge in [-0.05, 0) is 38.4 Å². The van der Waals surface area contributed by atoms with E-state index in [0.717, 1.165) is 37.6 Å². The number of nitrogens with one attached hydrogen (secondary N) is 1. The summed E-state index contributed by atoms with van der Waals surface area (Å²) in [6.07, 6.45) is -2.53. The zero-order valence-electron chi connectivity index (χ0n) is 12.2. The third-order valence-corrected chi connectivity index (χ3v) is 3.67. The van der Waals surface area contributed by atoms with Gasteiger partial charge in [-0.25, -0.2) is 0 Å². The summed E-state index contributed by atoms with van der Waals surface area (Å²) in [5.41, 5.74) is -0.00475. The largest absolute Gasteiger partial charge is 0.496 e. The van der Waals surface area contributed by atoms with E-state index in [0.29, 0.717) is 12.4 Å². The Kier molecular flexibility index (Phi) is 4.98. The molecular formula is C15H20F3NO2. The Balaban J connectivity index is 2.47. The van der Waals surface area contributed by atoms with Crippen molar-refractivity contribution >= 4 is 0 Å². The second kappa shape index (κ2) is 6.56. The molecule has 0 spiro atoms. The van der Waals surface area contributed by atoms with Crippen LogP contribution in [0.25, 0.3) is 0 Å². The minimum atomic E-state index is -4.46. The SMILES string of the molecule is CCOc1cc(C(F)(F)F)c(OC)cc1C1CCCNC1. The Morgan fingerprint density at radius 2 is 2.05 bits per heavy atom. The second-order valence-electron chi connectivity index (χ2n) is 5.06. The third kappa shape index (κ3) is 3.61. The van der Waals surface area contributed by atoms with E-state index in [2.05, 4.69) is 5.32 Å². The van der Waals surface area contributed by atoms with Crippen molar-refractivity contribution in [3.63, 3.8) is 0 Å². The smallest absolute Gasteiger partial charge is 0.420 e. The van der Waals surface area contributed by atoms with E-state index in [1.165, 1.54) is 13.2 Å². The number of methoxy groups -OCH3 is 1. The van der Waals surface area contributed by atoms with Crippen molar-refractivity contribution in [3.8, 4) is 11.5 Å². The van der Waals surface area contributed by atoms with Gasteiger partial charge in [-0.1, -0.05) is 0 Å². The summed E-state index contributed by atoms with van der Waals surface area (Å²) in [7, 11) is 1.26. The molecule has 1 unspecified atom stereocenters. The van der Waals surface area contributed by atoms with Crippen LogP contribution in [-0.2, 0) is 6.18 Å². The standard InChI is InChI=1S/C15H20F3NO2/c1-3-21-13-8-12(15(16,17)18)14(20-2)7-11(13)10-5-4-6-19-9-10/h7-8,10,19H,3-6,9H2,1-2H3. The van der Waals surface area contributed by atoms with E-state index in [9.17, 15) is 13.2 Å². The van der Waals surface area contributed by atoms with E-state index in [1.807, 2.05) is 0 Å². The van der Waals surface area contributed by atoms with Gasteiger partial charge in [0.15, 0.2) is 0 Å². The molecule has 21 heavy (non-hydrogen) atoms. The predicted molar refractivity (Wildman–Crippen MR) is 74.0 cm³/mol. The van der Waals surface area contributed by atoms with Crippen molar-refractivity contribution in [1.29, 1.82) is 0 Å². The predicted octanol–water partition coefficient (Wildman–Crippen LogP) is 3.58. The number of hydrogen-bond donors (Lipinski definition) is 1. The van der Waals surface area contributed by atoms with E-state index >= 15 is 0 Å². The molecule has 1 aromatic carbocycles. The Morgan fingerprint density at radius 3 is 2.57 bits per heavy atom. The number of rotatable bonds is 4. The number of ether oxygens (including phenoxy) is 2. The van der Waals surface area contributed by atoms with E-state index in [1.54, 1.807) is 6.92 Å². The normalized spacial score (nSPS) is 19.4. The molecule has 1 aliphatic heterocycles. The van der Waals surface area contributed by atoms with Gasteiger partial charge in [0.1, 0.15) is 17.1 Å². The summed E-state index contributed by atoms with van der Waals surface area (Å²) in [5, 5.41) is 3.27. The molecule has 1 fully saturated rings. The Hall–Kier alpha value is -1.43. The van der Waals surface area contributed by atoms with Crippen molar-refractivity contribution in [1.82, 2.24) is 5.32 Å². The molecule has 1 aromatic rings. The molecule has 1 saturated heterocycles. The minimum absolute atomic E-state index is 0.147. The van der Waals surface area contributed by atoms with E-state index < -0.39 is 11.7 Å². The van der Waals surface area contributed by atoms with Crippen LogP contribution in [0.1, 0.15) is 36.8 Å². The highest BCUT2D eigenvalue weighted by molar-refractivity contribution is 5.49. The first kappa shape index (κ1) is 15.9. The van der Waals surface area contributed by atoms with E-state index in [-0.39, 0.29) is 11.7 Å². The minimum Gasteiger partial charge on any atom is -0.496 e. The van der Waals surface area contributed by atoms with Crippen LogP contribution in [0.4, 0.5) is 13.2 Å². The average Bonchev–Trinajstić information content (AvgIpc) is 2.47. The summed E-state index contributed by atoms with van der Waals surface area (Å²) in [4.78, 5) is 0. The average molecular weight is 303 g/mol. The number of benzene rings is 1. The molecule has 0 radical (unpaired) electrons. The lowest BCUT2D eigenvalue weighted by Crippen LogP contribution is -2.28. The van der Waals surface area contributed by atoms with Gasteiger partial charge in [0, 0.05) is 18.0 Å². The van der Waals surface area contributed by atoms with Gasteiger partial charge in [-0.15, -0.1) is 0 Å². The summed E-state index contributed by atoms with van der Waals surface area (Å²) in [6.45, 7) is 3.78. The summed E-state index contributed by atoms with van der Waals surface area (Å²) < 4.78 is 49.6. The van der Waals surface area contributed by atoms with Crippen molar-refractivity contribution in [3.05, 3.63) is 23.3 Å². The summed E-state index contributed by atoms with van der Waals surface area (Å²) in [5.74, 6) is 0.308. The van der Waals surface area contributed by atoms with Gasteiger partial charge in [-0.3, -0.25) is 0 Å². The third-order valence-electron chi connectivity index (χ3n) is 3.67. The van der Waals surface area contributed by atoms with Crippen LogP contribution >= 0.6 is 0 Å². The van der Waals surface area contributed by atoms with Crippen molar-refractivity contribution < 1.29 is 22.6 Å². The first-order chi connectivity index (χ1) is 9.97. The maximum absolute atomic E-state index is 13.1. The Labute approximate surface area is 122 Å². The molecule has 1 aliphatic rings. The van der Waals surface area contributed by atoms with Gasteiger partial charge in [0.2, 0.25) is 0 Å². The summed E-state index contributed by atoms with van der Waals surface area (Å²) in [6, 6.07) is 2.54. The van der Waals surface area contributed by atoms with Crippen LogP contribution in [-0.4, -0.2) is 26.8 Å². The molecule has 118 valence electrons. The maximum atomic E-state index is 13.1. The van der Waals surface area contributed by atoms with Gasteiger partial charge < -0.3 is 14.8 Å². The fourth-order valence-electron chi connectivity index (χ4n) is 2.68. The quantitative estimate of drug-likeness (QED) is 0.922. The first-order valence-corrected chi connectivity index (χ1v) is 7.10. The maximum Gasteiger partial charge on any atom is 0.420 e. The molecule has 6 heteroatoms. The lowest BCUT2D eigenvalue weighted by atomic mass is 9.90. The van der Waals surface area contributed by atoms with Crippen LogP contribution in [0.5, 0.6) is 11.5 Å². The number of piperidine rings is 1. The highest BCUT2D eigenvalue weighted by Gasteiger charge is 2.36. The van der Waals surface area contributed by atoms with Crippen LogP contribution in [0.15, 0.2) is 12.1 Å². The molecule has 3 nitrogen and oxygen atoms in total. The van der Waals surface area contributed by atoms with Crippen LogP contribution in [0.3, 0.4) is 0 Å². The van der Waals surface area contributed by atoms with Gasteiger partial charge in [0.05, 0.1) is 13.7 Å². The van der Waals surface area contributed by atoms with Crippen LogP contribution in [0, 0.1) is 0 Å². The van der Waals surface area contributed by atoms with Crippen LogP contribution < -0.4 is 14.8 Å². The summed E-state index contributed by atoms with van der Waals surface area (Å²) >= 11 is 0. The molecule has 0 aliphatic carbocycles.